The standard InChI is InChI=1S/C37H35F3N2O4/c1-4-6-8-22-18-24(10-14-30(22)43)34-41-28-20-26(12-16-32(28)45-34)36(3,37(38,39)40)27-13-17-33-29(21-27)42-35(46-33)25-11-15-31(44)23(19-25)9-7-5-2/h10-21,43-44H,4-9H2,1-3H3. The van der Waals surface area contributed by atoms with Gasteiger partial charge in [-0.1, -0.05) is 38.8 Å². The molecule has 46 heavy (non-hydrogen) atoms. The molecule has 2 aromatic heterocycles. The Kier molecular flexibility index (Phi) is 8.27. The summed E-state index contributed by atoms with van der Waals surface area (Å²) >= 11 is 0. The van der Waals surface area contributed by atoms with E-state index in [9.17, 15) is 10.2 Å². The number of alkyl halides is 3. The molecule has 0 aliphatic heterocycles. The molecule has 0 amide bonds. The number of halogens is 3. The smallest absolute Gasteiger partial charge is 0.402 e. The number of rotatable bonds is 10. The summed E-state index contributed by atoms with van der Waals surface area (Å²) < 4.78 is 57.0. The summed E-state index contributed by atoms with van der Waals surface area (Å²) in [6, 6.07) is 18.8. The second kappa shape index (κ2) is 12.2. The lowest BCUT2D eigenvalue weighted by Crippen LogP contribution is -2.40. The van der Waals surface area contributed by atoms with Gasteiger partial charge in [-0.2, -0.15) is 13.2 Å². The van der Waals surface area contributed by atoms with Crippen molar-refractivity contribution < 1.29 is 32.2 Å². The molecule has 0 fully saturated rings. The molecule has 0 saturated carbocycles. The summed E-state index contributed by atoms with van der Waals surface area (Å²) in [6.45, 7) is 5.28. The minimum Gasteiger partial charge on any atom is -0.508 e. The third-order valence-electron chi connectivity index (χ3n) is 8.75. The van der Waals surface area contributed by atoms with Crippen LogP contribution in [-0.2, 0) is 18.3 Å². The van der Waals surface area contributed by atoms with Crippen molar-refractivity contribution in [3.63, 3.8) is 0 Å². The van der Waals surface area contributed by atoms with Crippen molar-refractivity contribution >= 4 is 22.2 Å². The van der Waals surface area contributed by atoms with Crippen molar-refractivity contribution in [2.75, 3.05) is 0 Å². The molecule has 2 heterocycles. The van der Waals surface area contributed by atoms with Crippen molar-refractivity contribution in [3.05, 3.63) is 95.1 Å². The number of hydrogen-bond acceptors (Lipinski definition) is 6. The number of nitrogens with zero attached hydrogens (tertiary/aromatic N) is 2. The fourth-order valence-corrected chi connectivity index (χ4v) is 5.79. The summed E-state index contributed by atoms with van der Waals surface area (Å²) in [5.74, 6) is 0.907. The Hall–Kier alpha value is -4.79. The molecule has 0 aliphatic rings. The lowest BCUT2D eigenvalue weighted by molar-refractivity contribution is -0.173. The fourth-order valence-electron chi connectivity index (χ4n) is 5.79. The molecule has 238 valence electrons. The highest BCUT2D eigenvalue weighted by Crippen LogP contribution is 2.47. The number of phenols is 2. The molecule has 0 saturated heterocycles. The Bertz CT molecular complexity index is 1890. The molecular weight excluding hydrogens is 593 g/mol. The average molecular weight is 629 g/mol. The Balaban J connectivity index is 1.38. The average Bonchev–Trinajstić information content (AvgIpc) is 3.67. The number of aromatic hydroxyl groups is 2. The third-order valence-corrected chi connectivity index (χ3v) is 8.75. The second-order valence-corrected chi connectivity index (χ2v) is 11.9. The monoisotopic (exact) mass is 628 g/mol. The molecule has 0 spiro atoms. The van der Waals surface area contributed by atoms with Crippen LogP contribution in [0.3, 0.4) is 0 Å². The van der Waals surface area contributed by atoms with Gasteiger partial charge in [0.15, 0.2) is 11.2 Å². The molecule has 0 bridgehead atoms. The number of hydrogen-bond donors (Lipinski definition) is 2. The van der Waals surface area contributed by atoms with Crippen molar-refractivity contribution in [2.45, 2.75) is 70.9 Å². The molecular formula is C37H35F3N2O4. The van der Waals surface area contributed by atoms with Gasteiger partial charge in [0.2, 0.25) is 11.8 Å². The summed E-state index contributed by atoms with van der Waals surface area (Å²) in [5.41, 5.74) is 1.71. The highest BCUT2D eigenvalue weighted by atomic mass is 19.4. The van der Waals surface area contributed by atoms with Gasteiger partial charge in [-0.3, -0.25) is 0 Å². The summed E-state index contributed by atoms with van der Waals surface area (Å²) in [5, 5.41) is 20.5. The highest BCUT2D eigenvalue weighted by Gasteiger charge is 2.53. The van der Waals surface area contributed by atoms with E-state index in [1.807, 2.05) is 12.1 Å². The van der Waals surface area contributed by atoms with E-state index >= 15 is 13.2 Å². The zero-order chi connectivity index (χ0) is 32.6. The molecule has 6 rings (SSSR count). The SMILES string of the molecule is CCCCc1cc(-c2nc3cc(C(C)(c4ccc5oc(-c6ccc(O)c(CCCC)c6)nc5c4)C(F)(F)F)ccc3o2)ccc1O. The number of aromatic nitrogens is 2. The topological polar surface area (TPSA) is 92.5 Å². The minimum atomic E-state index is -4.66. The molecule has 0 unspecified atom stereocenters. The number of fused-ring (bicyclic) bond motifs is 2. The number of unbranched alkanes of at least 4 members (excludes halogenated alkanes) is 2. The van der Waals surface area contributed by atoms with Crippen LogP contribution >= 0.6 is 0 Å². The summed E-state index contributed by atoms with van der Waals surface area (Å²) in [6.07, 6.45) is 0.467. The van der Waals surface area contributed by atoms with Gasteiger partial charge < -0.3 is 19.0 Å². The Morgan fingerprint density at radius 2 is 1.07 bits per heavy atom. The molecule has 6 aromatic rings. The van der Waals surface area contributed by atoms with Crippen LogP contribution in [0.25, 0.3) is 45.1 Å². The third kappa shape index (κ3) is 5.70. The van der Waals surface area contributed by atoms with Crippen molar-refractivity contribution in [2.24, 2.45) is 0 Å². The van der Waals surface area contributed by atoms with Gasteiger partial charge in [-0.25, -0.2) is 9.97 Å². The van der Waals surface area contributed by atoms with Gasteiger partial charge in [0, 0.05) is 11.1 Å². The van der Waals surface area contributed by atoms with E-state index in [2.05, 4.69) is 23.8 Å². The molecule has 6 nitrogen and oxygen atoms in total. The van der Waals surface area contributed by atoms with Crippen LogP contribution in [0, 0.1) is 0 Å². The van der Waals surface area contributed by atoms with Crippen LogP contribution in [0.15, 0.2) is 81.6 Å². The number of oxazole rings is 2. The van der Waals surface area contributed by atoms with Gasteiger partial charge >= 0.3 is 6.18 Å². The van der Waals surface area contributed by atoms with E-state index in [1.165, 1.54) is 36.4 Å². The van der Waals surface area contributed by atoms with Crippen LogP contribution < -0.4 is 0 Å². The largest absolute Gasteiger partial charge is 0.508 e. The molecule has 2 N–H and O–H groups in total. The first kappa shape index (κ1) is 31.2. The van der Waals surface area contributed by atoms with Gasteiger partial charge in [-0.15, -0.1) is 0 Å². The predicted molar refractivity (Wildman–Crippen MR) is 172 cm³/mol. The van der Waals surface area contributed by atoms with E-state index in [1.54, 1.807) is 24.3 Å². The fraction of sp³-hybridized carbons (Fsp3) is 0.297. The first-order chi connectivity index (χ1) is 22.0. The van der Waals surface area contributed by atoms with E-state index in [0.717, 1.165) is 43.7 Å². The second-order valence-electron chi connectivity index (χ2n) is 11.9. The van der Waals surface area contributed by atoms with Crippen LogP contribution in [0.2, 0.25) is 0 Å². The van der Waals surface area contributed by atoms with E-state index < -0.39 is 11.6 Å². The lowest BCUT2D eigenvalue weighted by atomic mass is 9.75. The minimum absolute atomic E-state index is 0.00357. The van der Waals surface area contributed by atoms with Gasteiger partial charge in [0.1, 0.15) is 27.9 Å². The van der Waals surface area contributed by atoms with E-state index in [0.29, 0.717) is 46.2 Å². The predicted octanol–water partition coefficient (Wildman–Crippen LogP) is 10.3. The Morgan fingerprint density at radius 3 is 1.46 bits per heavy atom. The maximum absolute atomic E-state index is 15.0. The quantitative estimate of drug-likeness (QED) is 0.157. The van der Waals surface area contributed by atoms with Crippen molar-refractivity contribution in [1.82, 2.24) is 9.97 Å². The lowest BCUT2D eigenvalue weighted by Gasteiger charge is -2.33. The molecule has 0 atom stereocenters. The Morgan fingerprint density at radius 1 is 0.630 bits per heavy atom. The number of aryl methyl sites for hydroxylation is 2. The first-order valence-corrected chi connectivity index (χ1v) is 15.5. The molecule has 0 radical (unpaired) electrons. The van der Waals surface area contributed by atoms with E-state index in [4.69, 9.17) is 8.83 Å². The van der Waals surface area contributed by atoms with Crippen molar-refractivity contribution in [3.8, 4) is 34.4 Å². The number of phenolic OH excluding ortho intramolecular Hbond substituents is 2. The maximum atomic E-state index is 15.0. The molecule has 9 heteroatoms. The van der Waals surface area contributed by atoms with Crippen LogP contribution in [0.5, 0.6) is 11.5 Å². The van der Waals surface area contributed by atoms with Crippen LogP contribution in [0.4, 0.5) is 13.2 Å². The summed E-state index contributed by atoms with van der Waals surface area (Å²) in [4.78, 5) is 9.08. The molecule has 0 aliphatic carbocycles. The van der Waals surface area contributed by atoms with Gasteiger partial charge in [0.05, 0.1) is 0 Å². The number of benzene rings is 4. The van der Waals surface area contributed by atoms with Crippen LogP contribution in [-0.4, -0.2) is 26.4 Å². The maximum Gasteiger partial charge on any atom is 0.402 e. The van der Waals surface area contributed by atoms with Crippen LogP contribution in [0.1, 0.15) is 68.7 Å². The van der Waals surface area contributed by atoms with Gasteiger partial charge in [0.25, 0.3) is 0 Å². The zero-order valence-electron chi connectivity index (χ0n) is 25.9. The highest BCUT2D eigenvalue weighted by molar-refractivity contribution is 5.80. The zero-order valence-corrected chi connectivity index (χ0v) is 25.9. The normalized spacial score (nSPS) is 12.4. The summed E-state index contributed by atoms with van der Waals surface area (Å²) in [7, 11) is 0. The van der Waals surface area contributed by atoms with E-state index in [-0.39, 0.29) is 34.4 Å². The Labute approximate surface area is 264 Å². The first-order valence-electron chi connectivity index (χ1n) is 15.5. The van der Waals surface area contributed by atoms with Gasteiger partial charge in [-0.05, 0) is 116 Å². The molecule has 4 aromatic carbocycles. The van der Waals surface area contributed by atoms with Crippen molar-refractivity contribution in [1.29, 1.82) is 0 Å².